The summed E-state index contributed by atoms with van der Waals surface area (Å²) in [5.41, 5.74) is 3.41. The maximum Gasteiger partial charge on any atom is 0.225 e. The van der Waals surface area contributed by atoms with Crippen LogP contribution in [0.5, 0.6) is 5.75 Å². The zero-order chi connectivity index (χ0) is 21.3. The van der Waals surface area contributed by atoms with Gasteiger partial charge in [-0.05, 0) is 60.7 Å². The van der Waals surface area contributed by atoms with Crippen molar-refractivity contribution in [3.05, 3.63) is 75.2 Å². The van der Waals surface area contributed by atoms with E-state index in [0.717, 1.165) is 16.0 Å². The molecule has 2 aromatic carbocycles. The zero-order valence-electron chi connectivity index (χ0n) is 16.8. The van der Waals surface area contributed by atoms with Gasteiger partial charge in [0.2, 0.25) is 5.91 Å². The van der Waals surface area contributed by atoms with Crippen LogP contribution in [0.3, 0.4) is 0 Å². The first-order chi connectivity index (χ1) is 14.4. The SMILES string of the molecule is CC(=O)c1ccc(F)c(-c2cc(C)cc3c2OC(CNC(=O)Cc2cccs2)C3)c1. The van der Waals surface area contributed by atoms with E-state index in [9.17, 15) is 14.0 Å². The summed E-state index contributed by atoms with van der Waals surface area (Å²) in [4.78, 5) is 25.0. The maximum absolute atomic E-state index is 14.6. The third-order valence-electron chi connectivity index (χ3n) is 5.15. The van der Waals surface area contributed by atoms with Crippen LogP contribution in [0.25, 0.3) is 11.1 Å². The predicted octanol–water partition coefficient (Wildman–Crippen LogP) is 4.73. The lowest BCUT2D eigenvalue weighted by Crippen LogP contribution is -2.35. The van der Waals surface area contributed by atoms with Crippen molar-refractivity contribution in [1.82, 2.24) is 5.32 Å². The van der Waals surface area contributed by atoms with Crippen LogP contribution in [-0.4, -0.2) is 24.3 Å². The highest BCUT2D eigenvalue weighted by Gasteiger charge is 2.28. The first-order valence-corrected chi connectivity index (χ1v) is 10.7. The van der Waals surface area contributed by atoms with Crippen LogP contribution < -0.4 is 10.1 Å². The third-order valence-corrected chi connectivity index (χ3v) is 6.02. The van der Waals surface area contributed by atoms with Gasteiger partial charge in [0, 0.05) is 28.0 Å². The summed E-state index contributed by atoms with van der Waals surface area (Å²) >= 11 is 1.55. The van der Waals surface area contributed by atoms with Gasteiger partial charge >= 0.3 is 0 Å². The van der Waals surface area contributed by atoms with E-state index < -0.39 is 5.82 Å². The molecule has 0 saturated carbocycles. The minimum Gasteiger partial charge on any atom is -0.487 e. The summed E-state index contributed by atoms with van der Waals surface area (Å²) in [6.07, 6.45) is 0.772. The lowest BCUT2D eigenvalue weighted by molar-refractivity contribution is -0.120. The van der Waals surface area contributed by atoms with E-state index in [-0.39, 0.29) is 17.8 Å². The van der Waals surface area contributed by atoms with Gasteiger partial charge in [0.1, 0.15) is 17.7 Å². The molecule has 6 heteroatoms. The van der Waals surface area contributed by atoms with Crippen LogP contribution in [0.1, 0.15) is 33.3 Å². The fourth-order valence-corrected chi connectivity index (χ4v) is 4.42. The van der Waals surface area contributed by atoms with Gasteiger partial charge in [-0.2, -0.15) is 0 Å². The van der Waals surface area contributed by atoms with Gasteiger partial charge in [0.05, 0.1) is 13.0 Å². The zero-order valence-corrected chi connectivity index (χ0v) is 17.6. The number of benzene rings is 2. The standard InChI is InChI=1S/C24H22FNO3S/c1-14-8-17-10-18(13-26-23(28)12-19-4-3-7-30-19)29-24(17)21(9-14)20-11-16(15(2)27)5-6-22(20)25/h3-9,11,18H,10,12-13H2,1-2H3,(H,26,28). The molecule has 154 valence electrons. The highest BCUT2D eigenvalue weighted by atomic mass is 32.1. The van der Waals surface area contributed by atoms with E-state index in [1.54, 1.807) is 17.4 Å². The van der Waals surface area contributed by atoms with E-state index in [2.05, 4.69) is 5.32 Å². The minimum absolute atomic E-state index is 0.0476. The lowest BCUT2D eigenvalue weighted by Gasteiger charge is -2.15. The molecule has 0 saturated heterocycles. The summed E-state index contributed by atoms with van der Waals surface area (Å²) < 4.78 is 20.8. The molecule has 1 N–H and O–H groups in total. The molecule has 1 atom stereocenters. The number of hydrogen-bond donors (Lipinski definition) is 1. The van der Waals surface area contributed by atoms with Gasteiger partial charge in [0.15, 0.2) is 5.78 Å². The number of thiophene rings is 1. The highest BCUT2D eigenvalue weighted by Crippen LogP contribution is 2.41. The molecule has 1 aromatic heterocycles. The van der Waals surface area contributed by atoms with Crippen molar-refractivity contribution in [2.24, 2.45) is 0 Å². The Balaban J connectivity index is 1.53. The number of rotatable bonds is 6. The van der Waals surface area contributed by atoms with Crippen LogP contribution in [0.4, 0.5) is 4.39 Å². The molecule has 0 radical (unpaired) electrons. The van der Waals surface area contributed by atoms with Crippen molar-refractivity contribution in [2.45, 2.75) is 32.8 Å². The molecule has 1 aliphatic rings. The van der Waals surface area contributed by atoms with Crippen molar-refractivity contribution in [2.75, 3.05) is 6.54 Å². The number of fused-ring (bicyclic) bond motifs is 1. The van der Waals surface area contributed by atoms with Crippen LogP contribution in [0.2, 0.25) is 0 Å². The van der Waals surface area contributed by atoms with Crippen molar-refractivity contribution in [3.8, 4) is 16.9 Å². The number of ketones is 1. The summed E-state index contributed by atoms with van der Waals surface area (Å²) in [6, 6.07) is 12.1. The predicted molar refractivity (Wildman–Crippen MR) is 116 cm³/mol. The monoisotopic (exact) mass is 423 g/mol. The second-order valence-corrected chi connectivity index (χ2v) is 8.59. The average molecular weight is 424 g/mol. The topological polar surface area (TPSA) is 55.4 Å². The molecule has 1 aliphatic heterocycles. The molecule has 4 nitrogen and oxygen atoms in total. The van der Waals surface area contributed by atoms with Gasteiger partial charge in [-0.25, -0.2) is 4.39 Å². The first-order valence-electron chi connectivity index (χ1n) is 9.81. The van der Waals surface area contributed by atoms with Crippen LogP contribution in [-0.2, 0) is 17.6 Å². The Bertz CT molecular complexity index is 1110. The van der Waals surface area contributed by atoms with E-state index in [4.69, 9.17) is 4.74 Å². The van der Waals surface area contributed by atoms with Gasteiger partial charge in [-0.15, -0.1) is 11.3 Å². The van der Waals surface area contributed by atoms with Crippen molar-refractivity contribution in [3.63, 3.8) is 0 Å². The van der Waals surface area contributed by atoms with Crippen LogP contribution >= 0.6 is 11.3 Å². The van der Waals surface area contributed by atoms with Crippen molar-refractivity contribution < 1.29 is 18.7 Å². The smallest absolute Gasteiger partial charge is 0.225 e. The fourth-order valence-electron chi connectivity index (χ4n) is 3.72. The minimum atomic E-state index is -0.399. The molecule has 0 aliphatic carbocycles. The summed E-state index contributed by atoms with van der Waals surface area (Å²) in [5.74, 6) is 0.0585. The number of nitrogens with one attached hydrogen (secondary N) is 1. The molecule has 30 heavy (non-hydrogen) atoms. The number of Topliss-reactive ketones (excluding diaryl/α,β-unsaturated/α-hetero) is 1. The van der Waals surface area contributed by atoms with Gasteiger partial charge in [-0.3, -0.25) is 9.59 Å². The summed E-state index contributed by atoms with van der Waals surface area (Å²) in [5, 5.41) is 4.88. The van der Waals surface area contributed by atoms with Crippen molar-refractivity contribution in [1.29, 1.82) is 0 Å². The Kier molecular flexibility index (Phi) is 5.68. The molecule has 2 heterocycles. The van der Waals surface area contributed by atoms with Crippen LogP contribution in [0, 0.1) is 12.7 Å². The Labute approximate surface area is 178 Å². The Morgan fingerprint density at radius 2 is 2.03 bits per heavy atom. The lowest BCUT2D eigenvalue weighted by atomic mass is 9.95. The number of amides is 1. The summed E-state index contributed by atoms with van der Waals surface area (Å²) in [6.45, 7) is 3.79. The number of ether oxygens (including phenoxy) is 1. The molecular weight excluding hydrogens is 401 g/mol. The Morgan fingerprint density at radius 3 is 2.77 bits per heavy atom. The Morgan fingerprint density at radius 1 is 1.20 bits per heavy atom. The molecule has 0 fully saturated rings. The number of aryl methyl sites for hydroxylation is 1. The molecule has 4 rings (SSSR count). The highest BCUT2D eigenvalue weighted by molar-refractivity contribution is 7.10. The van der Waals surface area contributed by atoms with E-state index in [1.807, 2.05) is 36.6 Å². The van der Waals surface area contributed by atoms with Crippen LogP contribution in [0.15, 0.2) is 47.8 Å². The average Bonchev–Trinajstić information content (AvgIpc) is 3.35. The number of carbonyl (C=O) groups excluding carboxylic acids is 2. The van der Waals surface area contributed by atoms with E-state index in [1.165, 1.54) is 19.1 Å². The normalized spacial score (nSPS) is 14.8. The largest absolute Gasteiger partial charge is 0.487 e. The van der Waals surface area contributed by atoms with E-state index >= 15 is 0 Å². The first kappa shape index (κ1) is 20.3. The molecule has 1 amide bonds. The van der Waals surface area contributed by atoms with E-state index in [0.29, 0.717) is 41.8 Å². The number of hydrogen-bond acceptors (Lipinski definition) is 4. The van der Waals surface area contributed by atoms with Crippen molar-refractivity contribution >= 4 is 23.0 Å². The molecule has 3 aromatic rings. The second-order valence-electron chi connectivity index (χ2n) is 7.56. The maximum atomic E-state index is 14.6. The van der Waals surface area contributed by atoms with Gasteiger partial charge < -0.3 is 10.1 Å². The third kappa shape index (κ3) is 4.28. The second kappa shape index (κ2) is 8.40. The number of halogens is 1. The molecule has 0 spiro atoms. The molecule has 1 unspecified atom stereocenters. The van der Waals surface area contributed by atoms with Gasteiger partial charge in [-0.1, -0.05) is 12.1 Å². The fraction of sp³-hybridized carbons (Fsp3) is 0.250. The number of carbonyl (C=O) groups is 2. The quantitative estimate of drug-likeness (QED) is 0.584. The summed E-state index contributed by atoms with van der Waals surface area (Å²) in [7, 11) is 0. The molecule has 0 bridgehead atoms. The Hall–Kier alpha value is -2.99. The van der Waals surface area contributed by atoms with Gasteiger partial charge in [0.25, 0.3) is 0 Å². The molecular formula is C24H22FNO3S.